The van der Waals surface area contributed by atoms with Crippen molar-refractivity contribution in [3.63, 3.8) is 0 Å². The third kappa shape index (κ3) is 6.04. The first kappa shape index (κ1) is 26.3. The lowest BCUT2D eigenvalue weighted by molar-refractivity contribution is -0.122. The first-order valence-electron chi connectivity index (χ1n) is 11.2. The van der Waals surface area contributed by atoms with Gasteiger partial charge in [0.2, 0.25) is 5.91 Å². The van der Waals surface area contributed by atoms with E-state index in [0.29, 0.717) is 36.8 Å². The summed E-state index contributed by atoms with van der Waals surface area (Å²) in [4.78, 5) is 24.2. The van der Waals surface area contributed by atoms with Crippen LogP contribution in [0.5, 0.6) is 11.5 Å². The summed E-state index contributed by atoms with van der Waals surface area (Å²) < 4.78 is 40.7. The van der Waals surface area contributed by atoms with Crippen molar-refractivity contribution in [2.45, 2.75) is 35.8 Å². The van der Waals surface area contributed by atoms with Gasteiger partial charge in [0.1, 0.15) is 11.5 Å². The number of sulfone groups is 1. The summed E-state index contributed by atoms with van der Waals surface area (Å²) in [6.45, 7) is 2.90. The average molecular weight is 506 g/mol. The van der Waals surface area contributed by atoms with Gasteiger partial charge in [-0.05, 0) is 74.2 Å². The smallest absolute Gasteiger partial charge is 0.319 e. The normalized spacial score (nSPS) is 15.1. The van der Waals surface area contributed by atoms with E-state index < -0.39 is 20.5 Å². The Morgan fingerprint density at radius 1 is 1.09 bits per heavy atom. The zero-order valence-electron chi connectivity index (χ0n) is 19.8. The second-order valence-corrected chi connectivity index (χ2v) is 10.5. The maximum absolute atomic E-state index is 13.2. The Morgan fingerprint density at radius 3 is 2.34 bits per heavy atom. The third-order valence-corrected chi connectivity index (χ3v) is 8.49. The number of benzene rings is 2. The van der Waals surface area contributed by atoms with E-state index >= 15 is 0 Å². The zero-order chi connectivity index (χ0) is 25.5. The Hall–Kier alpha value is -3.31. The van der Waals surface area contributed by atoms with Crippen LogP contribution in [0.2, 0.25) is 0 Å². The van der Waals surface area contributed by atoms with E-state index in [1.54, 1.807) is 19.2 Å². The van der Waals surface area contributed by atoms with Gasteiger partial charge in [0, 0.05) is 25.4 Å². The van der Waals surface area contributed by atoms with Crippen molar-refractivity contribution < 1.29 is 32.2 Å². The van der Waals surface area contributed by atoms with Crippen LogP contribution in [-0.2, 0) is 19.4 Å². The van der Waals surface area contributed by atoms with Gasteiger partial charge in [-0.25, -0.2) is 13.2 Å². The molecule has 3 amide bonds. The van der Waals surface area contributed by atoms with Gasteiger partial charge in [-0.1, -0.05) is 0 Å². The number of methoxy groups -OCH3 is 1. The van der Waals surface area contributed by atoms with Crippen LogP contribution in [0, 0.1) is 6.92 Å². The molecule has 1 aliphatic rings. The van der Waals surface area contributed by atoms with E-state index in [9.17, 15) is 18.0 Å². The van der Waals surface area contributed by atoms with Crippen LogP contribution in [-0.4, -0.2) is 58.6 Å². The van der Waals surface area contributed by atoms with Crippen LogP contribution in [0.25, 0.3) is 0 Å². The minimum absolute atomic E-state index is 0.0118. The maximum Gasteiger partial charge on any atom is 0.319 e. The number of ether oxygens (including phenoxy) is 3. The van der Waals surface area contributed by atoms with Crippen molar-refractivity contribution in [1.29, 1.82) is 0 Å². The topological polar surface area (TPSA) is 146 Å². The van der Waals surface area contributed by atoms with E-state index in [2.05, 4.69) is 10.6 Å². The number of rotatable bonds is 10. The van der Waals surface area contributed by atoms with Crippen molar-refractivity contribution in [2.75, 3.05) is 38.8 Å². The Bertz CT molecular complexity index is 1140. The van der Waals surface area contributed by atoms with Crippen LogP contribution < -0.4 is 25.8 Å². The highest BCUT2D eigenvalue weighted by atomic mass is 32.2. The number of carbonyl (C=O) groups excluding carboxylic acids is 2. The zero-order valence-corrected chi connectivity index (χ0v) is 20.7. The highest BCUT2D eigenvalue weighted by Crippen LogP contribution is 2.35. The van der Waals surface area contributed by atoms with Gasteiger partial charge < -0.3 is 30.6 Å². The first-order chi connectivity index (χ1) is 16.7. The van der Waals surface area contributed by atoms with Crippen molar-refractivity contribution in [1.82, 2.24) is 5.32 Å². The summed E-state index contributed by atoms with van der Waals surface area (Å²) in [6.07, 6.45) is 0.600. The molecule has 2 aromatic carbocycles. The molecule has 0 radical (unpaired) electrons. The van der Waals surface area contributed by atoms with E-state index in [-0.39, 0.29) is 37.0 Å². The van der Waals surface area contributed by atoms with Gasteiger partial charge in [0.15, 0.2) is 14.6 Å². The van der Waals surface area contributed by atoms with E-state index in [0.717, 1.165) is 5.56 Å². The lowest BCUT2D eigenvalue weighted by atomic mass is 9.98. The van der Waals surface area contributed by atoms with Crippen molar-refractivity contribution in [2.24, 2.45) is 5.73 Å². The number of urea groups is 1. The molecule has 10 nitrogen and oxygen atoms in total. The molecule has 35 heavy (non-hydrogen) atoms. The number of nitrogens with one attached hydrogen (secondary N) is 2. The highest BCUT2D eigenvalue weighted by molar-refractivity contribution is 7.93. The molecule has 0 unspecified atom stereocenters. The predicted molar refractivity (Wildman–Crippen MR) is 130 cm³/mol. The standard InChI is InChI=1S/C24H31N3O7S/c1-17-16-19(32-2)6-9-21(17)27-23(29)26-12-3-13-34-18-4-7-20(8-5-18)35(30,31)24(22(25)28)10-14-33-15-11-24/h4-9,16H,3,10-15H2,1-2H3,(H2,25,28)(H2,26,27,29). The predicted octanol–water partition coefficient (Wildman–Crippen LogP) is 2.40. The van der Waals surface area contributed by atoms with Crippen LogP contribution in [0.4, 0.5) is 10.5 Å². The minimum atomic E-state index is -3.98. The summed E-state index contributed by atoms with van der Waals surface area (Å²) in [6, 6.07) is 10.9. The monoisotopic (exact) mass is 505 g/mol. The maximum atomic E-state index is 13.2. The molecule has 1 fully saturated rings. The molecule has 0 atom stereocenters. The Morgan fingerprint density at radius 2 is 1.74 bits per heavy atom. The summed E-state index contributed by atoms with van der Waals surface area (Å²) in [5, 5.41) is 5.54. The molecule has 3 rings (SSSR count). The van der Waals surface area contributed by atoms with E-state index in [4.69, 9.17) is 19.9 Å². The van der Waals surface area contributed by atoms with Crippen molar-refractivity contribution in [3.8, 4) is 11.5 Å². The molecule has 0 spiro atoms. The highest BCUT2D eigenvalue weighted by Gasteiger charge is 2.51. The number of amides is 3. The van der Waals surface area contributed by atoms with Gasteiger partial charge in [-0.2, -0.15) is 0 Å². The van der Waals surface area contributed by atoms with Crippen LogP contribution in [0.3, 0.4) is 0 Å². The molecule has 1 saturated heterocycles. The second kappa shape index (κ2) is 11.4. The van der Waals surface area contributed by atoms with Crippen LogP contribution in [0.15, 0.2) is 47.4 Å². The Kier molecular flexibility index (Phi) is 8.57. The number of nitrogens with two attached hydrogens (primary N) is 1. The van der Waals surface area contributed by atoms with Gasteiger partial charge >= 0.3 is 6.03 Å². The summed E-state index contributed by atoms with van der Waals surface area (Å²) in [7, 11) is -2.40. The van der Waals surface area contributed by atoms with E-state index in [1.165, 1.54) is 24.3 Å². The quantitative estimate of drug-likeness (QED) is 0.420. The molecule has 4 N–H and O–H groups in total. The van der Waals surface area contributed by atoms with Gasteiger partial charge in [0.05, 0.1) is 18.6 Å². The van der Waals surface area contributed by atoms with Gasteiger partial charge in [-0.15, -0.1) is 0 Å². The molecule has 0 bridgehead atoms. The molecule has 1 heterocycles. The molecule has 0 aromatic heterocycles. The number of hydrogen-bond donors (Lipinski definition) is 3. The number of anilines is 1. The largest absolute Gasteiger partial charge is 0.497 e. The second-order valence-electron chi connectivity index (χ2n) is 8.21. The fourth-order valence-corrected chi connectivity index (χ4v) is 5.74. The van der Waals surface area contributed by atoms with Crippen LogP contribution >= 0.6 is 0 Å². The van der Waals surface area contributed by atoms with E-state index in [1.807, 2.05) is 13.0 Å². The molecule has 2 aromatic rings. The number of primary amides is 1. The lowest BCUT2D eigenvalue weighted by Crippen LogP contribution is -2.53. The molecule has 1 aliphatic heterocycles. The molecule has 0 aliphatic carbocycles. The number of carbonyl (C=O) groups is 2. The molecule has 11 heteroatoms. The molecular weight excluding hydrogens is 474 g/mol. The molecule has 190 valence electrons. The number of aryl methyl sites for hydroxylation is 1. The average Bonchev–Trinajstić information content (AvgIpc) is 2.85. The fourth-order valence-electron chi connectivity index (χ4n) is 3.82. The fraction of sp³-hybridized carbons (Fsp3) is 0.417. The van der Waals surface area contributed by atoms with Crippen molar-refractivity contribution in [3.05, 3.63) is 48.0 Å². The van der Waals surface area contributed by atoms with Crippen molar-refractivity contribution >= 4 is 27.5 Å². The minimum Gasteiger partial charge on any atom is -0.497 e. The first-order valence-corrected chi connectivity index (χ1v) is 12.7. The Balaban J connectivity index is 1.47. The molecule has 0 saturated carbocycles. The summed E-state index contributed by atoms with van der Waals surface area (Å²) in [5.41, 5.74) is 7.07. The van der Waals surface area contributed by atoms with Crippen LogP contribution in [0.1, 0.15) is 24.8 Å². The van der Waals surface area contributed by atoms with Gasteiger partial charge in [-0.3, -0.25) is 4.79 Å². The third-order valence-electron chi connectivity index (χ3n) is 5.96. The number of hydrogen-bond acceptors (Lipinski definition) is 7. The van der Waals surface area contributed by atoms with Gasteiger partial charge in [0.25, 0.3) is 0 Å². The molecular formula is C24H31N3O7S. The summed E-state index contributed by atoms with van der Waals surface area (Å²) >= 11 is 0. The Labute approximate surface area is 205 Å². The lowest BCUT2D eigenvalue weighted by Gasteiger charge is -2.33. The SMILES string of the molecule is COc1ccc(NC(=O)NCCCOc2ccc(S(=O)(=O)C3(C(N)=O)CCOCC3)cc2)c(C)c1. The summed E-state index contributed by atoms with van der Waals surface area (Å²) in [5.74, 6) is 0.328.